The Bertz CT molecular complexity index is 456. The van der Waals surface area contributed by atoms with E-state index in [1.807, 2.05) is 20.8 Å². The van der Waals surface area contributed by atoms with E-state index in [1.54, 1.807) is 11.9 Å². The molecule has 1 saturated heterocycles. The predicted molar refractivity (Wildman–Crippen MR) is 112 cm³/mol. The Hall–Kier alpha value is -0.770. The Balaban J connectivity index is 0.00000312. The summed E-state index contributed by atoms with van der Waals surface area (Å²) in [6, 6.07) is 1.02. The van der Waals surface area contributed by atoms with E-state index >= 15 is 0 Å². The highest BCUT2D eigenvalue weighted by molar-refractivity contribution is 14.0. The monoisotopic (exact) mass is 467 g/mol. The first kappa shape index (κ1) is 22.3. The van der Waals surface area contributed by atoms with Gasteiger partial charge in [0.2, 0.25) is 0 Å². The molecular weight excluding hydrogens is 433 g/mol. The van der Waals surface area contributed by atoms with Gasteiger partial charge in [-0.1, -0.05) is 6.92 Å². The molecule has 0 bridgehead atoms. The summed E-state index contributed by atoms with van der Waals surface area (Å²) in [7, 11) is 1.78. The maximum atomic E-state index is 11.9. The molecule has 0 aromatic rings. The summed E-state index contributed by atoms with van der Waals surface area (Å²) in [5, 5.41) is 6.72. The van der Waals surface area contributed by atoms with Crippen molar-refractivity contribution in [1.29, 1.82) is 0 Å². The molecule has 1 heterocycles. The number of carbonyl (C=O) groups excluding carboxylic acids is 1. The molecular formula is C17H34IN5O2. The first-order valence-electron chi connectivity index (χ1n) is 9.01. The van der Waals surface area contributed by atoms with Crippen LogP contribution in [0.2, 0.25) is 0 Å². The van der Waals surface area contributed by atoms with E-state index in [2.05, 4.69) is 27.4 Å². The zero-order valence-corrected chi connectivity index (χ0v) is 18.5. The second kappa shape index (κ2) is 9.80. The molecule has 1 saturated carbocycles. The lowest BCUT2D eigenvalue weighted by molar-refractivity contribution is 0.00701. The van der Waals surface area contributed by atoms with Crippen LogP contribution in [0, 0.1) is 0 Å². The first-order chi connectivity index (χ1) is 11.3. The SMILES string of the molecule is CCN(CCNC(=NC)NC1CN(C(=O)OC(C)(C)C)C1)C1CC1.I. The van der Waals surface area contributed by atoms with Crippen molar-refractivity contribution in [2.24, 2.45) is 4.99 Å². The van der Waals surface area contributed by atoms with Gasteiger partial charge in [-0.2, -0.15) is 0 Å². The lowest BCUT2D eigenvalue weighted by Crippen LogP contribution is -2.63. The zero-order chi connectivity index (χ0) is 17.7. The average Bonchev–Trinajstić information content (AvgIpc) is 3.27. The first-order valence-corrected chi connectivity index (χ1v) is 9.01. The van der Waals surface area contributed by atoms with Gasteiger partial charge >= 0.3 is 6.09 Å². The topological polar surface area (TPSA) is 69.2 Å². The van der Waals surface area contributed by atoms with Crippen LogP contribution in [0.1, 0.15) is 40.5 Å². The van der Waals surface area contributed by atoms with Crippen LogP contribution in [0.5, 0.6) is 0 Å². The van der Waals surface area contributed by atoms with Gasteiger partial charge in [-0.15, -0.1) is 24.0 Å². The van der Waals surface area contributed by atoms with E-state index in [0.29, 0.717) is 13.1 Å². The van der Waals surface area contributed by atoms with Gasteiger partial charge in [0.1, 0.15) is 5.60 Å². The number of hydrogen-bond acceptors (Lipinski definition) is 4. The standard InChI is InChI=1S/C17H33N5O2.HI/c1-6-21(14-7-8-14)10-9-19-15(18-5)20-13-11-22(12-13)16(23)24-17(2,3)4;/h13-14H,6-12H2,1-5H3,(H2,18,19,20);1H. The highest BCUT2D eigenvalue weighted by Gasteiger charge is 2.34. The fourth-order valence-electron chi connectivity index (χ4n) is 2.79. The van der Waals surface area contributed by atoms with E-state index in [9.17, 15) is 4.79 Å². The largest absolute Gasteiger partial charge is 0.444 e. The summed E-state index contributed by atoms with van der Waals surface area (Å²) in [6.45, 7) is 12.2. The quantitative estimate of drug-likeness (QED) is 0.355. The Morgan fingerprint density at radius 1 is 1.32 bits per heavy atom. The fourth-order valence-corrected chi connectivity index (χ4v) is 2.79. The van der Waals surface area contributed by atoms with Crippen molar-refractivity contribution >= 4 is 36.0 Å². The summed E-state index contributed by atoms with van der Waals surface area (Å²) in [6.07, 6.45) is 2.43. The predicted octanol–water partition coefficient (Wildman–Crippen LogP) is 1.87. The van der Waals surface area contributed by atoms with Crippen LogP contribution in [-0.2, 0) is 4.74 Å². The number of ether oxygens (including phenoxy) is 1. The summed E-state index contributed by atoms with van der Waals surface area (Å²) < 4.78 is 5.36. The Morgan fingerprint density at radius 2 is 1.96 bits per heavy atom. The van der Waals surface area contributed by atoms with Crippen LogP contribution in [-0.4, -0.2) is 79.3 Å². The van der Waals surface area contributed by atoms with E-state index in [4.69, 9.17) is 4.74 Å². The third-order valence-electron chi connectivity index (χ3n) is 4.26. The van der Waals surface area contributed by atoms with Crippen molar-refractivity contribution in [3.8, 4) is 0 Å². The van der Waals surface area contributed by atoms with Gasteiger partial charge in [0.15, 0.2) is 5.96 Å². The van der Waals surface area contributed by atoms with E-state index in [-0.39, 0.29) is 36.1 Å². The number of rotatable bonds is 6. The van der Waals surface area contributed by atoms with E-state index in [1.165, 1.54) is 12.8 Å². The second-order valence-electron chi connectivity index (χ2n) is 7.59. The molecule has 0 atom stereocenters. The van der Waals surface area contributed by atoms with Gasteiger partial charge in [0.05, 0.1) is 6.04 Å². The minimum Gasteiger partial charge on any atom is -0.444 e. The van der Waals surface area contributed by atoms with Crippen LogP contribution in [0.4, 0.5) is 4.79 Å². The van der Waals surface area contributed by atoms with Crippen molar-refractivity contribution in [2.75, 3.05) is 39.8 Å². The zero-order valence-electron chi connectivity index (χ0n) is 16.2. The molecule has 0 spiro atoms. The molecule has 7 nitrogen and oxygen atoms in total. The minimum absolute atomic E-state index is 0. The number of amides is 1. The molecule has 0 aromatic heterocycles. The maximum Gasteiger partial charge on any atom is 0.410 e. The number of aliphatic imine (C=N–C) groups is 1. The molecule has 1 aliphatic carbocycles. The molecule has 0 unspecified atom stereocenters. The summed E-state index contributed by atoms with van der Waals surface area (Å²) in [4.78, 5) is 20.4. The molecule has 0 aromatic carbocycles. The molecule has 1 amide bonds. The smallest absolute Gasteiger partial charge is 0.410 e. The van der Waals surface area contributed by atoms with E-state index in [0.717, 1.165) is 31.6 Å². The third kappa shape index (κ3) is 7.55. The number of nitrogens with one attached hydrogen (secondary N) is 2. The normalized spacial score (nSPS) is 18.5. The Labute approximate surface area is 169 Å². The second-order valence-corrected chi connectivity index (χ2v) is 7.59. The number of nitrogens with zero attached hydrogens (tertiary/aromatic N) is 3. The Kier molecular flexibility index (Phi) is 8.73. The van der Waals surface area contributed by atoms with Gasteiger partial charge < -0.3 is 20.3 Å². The van der Waals surface area contributed by atoms with Gasteiger partial charge in [-0.3, -0.25) is 9.89 Å². The van der Waals surface area contributed by atoms with Crippen LogP contribution in [0.25, 0.3) is 0 Å². The highest BCUT2D eigenvalue weighted by Crippen LogP contribution is 2.25. The lowest BCUT2D eigenvalue weighted by atomic mass is 10.1. The summed E-state index contributed by atoms with van der Waals surface area (Å²) in [5.41, 5.74) is -0.445. The molecule has 2 fully saturated rings. The molecule has 0 radical (unpaired) electrons. The Morgan fingerprint density at radius 3 is 2.44 bits per heavy atom. The van der Waals surface area contributed by atoms with Crippen LogP contribution < -0.4 is 10.6 Å². The molecule has 25 heavy (non-hydrogen) atoms. The van der Waals surface area contributed by atoms with Gasteiger partial charge in [0.25, 0.3) is 0 Å². The third-order valence-corrected chi connectivity index (χ3v) is 4.26. The van der Waals surface area contributed by atoms with Crippen molar-refractivity contribution < 1.29 is 9.53 Å². The molecule has 8 heteroatoms. The number of guanidine groups is 1. The van der Waals surface area contributed by atoms with Crippen molar-refractivity contribution in [2.45, 2.75) is 58.2 Å². The van der Waals surface area contributed by atoms with Crippen molar-refractivity contribution in [3.63, 3.8) is 0 Å². The van der Waals surface area contributed by atoms with Gasteiger partial charge in [-0.25, -0.2) is 4.79 Å². The minimum atomic E-state index is -0.445. The van der Waals surface area contributed by atoms with E-state index < -0.39 is 5.60 Å². The maximum absolute atomic E-state index is 11.9. The molecule has 1 aliphatic heterocycles. The van der Waals surface area contributed by atoms with Crippen molar-refractivity contribution in [3.05, 3.63) is 0 Å². The molecule has 146 valence electrons. The molecule has 2 N–H and O–H groups in total. The highest BCUT2D eigenvalue weighted by atomic mass is 127. The number of likely N-dealkylation sites (N-methyl/N-ethyl adjacent to an activating group) is 1. The average molecular weight is 467 g/mol. The van der Waals surface area contributed by atoms with Gasteiger partial charge in [0, 0.05) is 39.3 Å². The van der Waals surface area contributed by atoms with Crippen LogP contribution in [0.15, 0.2) is 4.99 Å². The number of likely N-dealkylation sites (tertiary alicyclic amines) is 1. The fraction of sp³-hybridized carbons (Fsp3) is 0.882. The lowest BCUT2D eigenvalue weighted by Gasteiger charge is -2.40. The summed E-state index contributed by atoms with van der Waals surface area (Å²) >= 11 is 0. The number of carbonyl (C=O) groups is 1. The van der Waals surface area contributed by atoms with Crippen molar-refractivity contribution in [1.82, 2.24) is 20.4 Å². The molecule has 2 rings (SSSR count). The van der Waals surface area contributed by atoms with Crippen LogP contribution in [0.3, 0.4) is 0 Å². The molecule has 2 aliphatic rings. The van der Waals surface area contributed by atoms with Crippen LogP contribution >= 0.6 is 24.0 Å². The summed E-state index contributed by atoms with van der Waals surface area (Å²) in [5.74, 6) is 0.802. The number of halogens is 1. The van der Waals surface area contributed by atoms with Gasteiger partial charge in [-0.05, 0) is 40.2 Å². The number of hydrogen-bond donors (Lipinski definition) is 2.